The number of esters is 1. The second kappa shape index (κ2) is 7.88. The molecule has 0 saturated heterocycles. The van der Waals surface area contributed by atoms with E-state index in [4.69, 9.17) is 32.8 Å². The Balaban J connectivity index is 1.97. The van der Waals surface area contributed by atoms with Crippen LogP contribution in [-0.4, -0.2) is 24.5 Å². The van der Waals surface area contributed by atoms with Crippen LogP contribution >= 0.6 is 23.2 Å². The first-order valence-corrected chi connectivity index (χ1v) is 9.39. The lowest BCUT2D eigenvalue weighted by atomic mass is 9.86. The van der Waals surface area contributed by atoms with Gasteiger partial charge in [0.25, 0.3) is 5.60 Å². The van der Waals surface area contributed by atoms with Gasteiger partial charge in [0.2, 0.25) is 0 Å². The Kier molecular flexibility index (Phi) is 5.83. The molecule has 0 fully saturated rings. The van der Waals surface area contributed by atoms with Gasteiger partial charge in [0.1, 0.15) is 0 Å². The van der Waals surface area contributed by atoms with E-state index >= 15 is 0 Å². The maximum absolute atomic E-state index is 14.0. The molecule has 9 heteroatoms. The van der Waals surface area contributed by atoms with Gasteiger partial charge in [-0.1, -0.05) is 34.4 Å². The topological polar surface area (TPSA) is 47.9 Å². The van der Waals surface area contributed by atoms with Crippen LogP contribution in [0.25, 0.3) is 0 Å². The van der Waals surface area contributed by atoms with E-state index in [0.717, 1.165) is 12.1 Å². The summed E-state index contributed by atoms with van der Waals surface area (Å²) in [4.78, 5) is 16.9. The molecule has 0 saturated carbocycles. The van der Waals surface area contributed by atoms with Crippen LogP contribution in [0.4, 0.5) is 13.2 Å². The molecule has 0 bridgehead atoms. The van der Waals surface area contributed by atoms with E-state index in [9.17, 15) is 18.0 Å². The Morgan fingerprint density at radius 1 is 1.21 bits per heavy atom. The Labute approximate surface area is 175 Å². The molecule has 29 heavy (non-hydrogen) atoms. The molecule has 1 atom stereocenters. The number of carbonyl (C=O) groups is 1. The van der Waals surface area contributed by atoms with Crippen LogP contribution in [0.5, 0.6) is 0 Å². The molecule has 1 unspecified atom stereocenters. The normalized spacial score (nSPS) is 18.9. The summed E-state index contributed by atoms with van der Waals surface area (Å²) in [6.45, 7) is 3.57. The van der Waals surface area contributed by atoms with Crippen molar-refractivity contribution in [2.24, 2.45) is 5.16 Å². The monoisotopic (exact) mass is 445 g/mol. The third-order valence-electron chi connectivity index (χ3n) is 4.57. The van der Waals surface area contributed by atoms with Crippen LogP contribution in [0.15, 0.2) is 41.6 Å². The van der Waals surface area contributed by atoms with Crippen molar-refractivity contribution in [3.05, 3.63) is 68.7 Å². The van der Waals surface area contributed by atoms with Gasteiger partial charge in [-0.3, -0.25) is 0 Å². The van der Waals surface area contributed by atoms with Crippen LogP contribution < -0.4 is 0 Å². The number of alkyl halides is 3. The van der Waals surface area contributed by atoms with E-state index in [0.29, 0.717) is 16.7 Å². The minimum atomic E-state index is -4.77. The fourth-order valence-corrected chi connectivity index (χ4v) is 3.65. The molecule has 1 heterocycles. The SMILES string of the molecule is CCOC(=O)c1ccc(C2=NOC(c3cc(Cl)cc(Cl)c3)(C(F)(F)F)C2)cc1C. The third kappa shape index (κ3) is 4.07. The highest BCUT2D eigenvalue weighted by molar-refractivity contribution is 6.34. The minimum Gasteiger partial charge on any atom is -0.462 e. The van der Waals surface area contributed by atoms with E-state index in [2.05, 4.69) is 5.16 Å². The van der Waals surface area contributed by atoms with E-state index in [1.165, 1.54) is 18.2 Å². The van der Waals surface area contributed by atoms with Gasteiger partial charge in [0, 0.05) is 22.0 Å². The van der Waals surface area contributed by atoms with Crippen molar-refractivity contribution >= 4 is 34.9 Å². The van der Waals surface area contributed by atoms with Crippen molar-refractivity contribution in [1.29, 1.82) is 0 Å². The van der Waals surface area contributed by atoms with Crippen molar-refractivity contribution in [1.82, 2.24) is 0 Å². The molecule has 2 aromatic rings. The highest BCUT2D eigenvalue weighted by atomic mass is 35.5. The van der Waals surface area contributed by atoms with E-state index in [1.54, 1.807) is 19.9 Å². The summed E-state index contributed by atoms with van der Waals surface area (Å²) < 4.78 is 47.1. The molecule has 2 aromatic carbocycles. The lowest BCUT2D eigenvalue weighted by molar-refractivity contribution is -0.275. The standard InChI is InChI=1S/C20H16Cl2F3NO3/c1-3-28-18(27)16-5-4-12(6-11(16)2)17-10-19(29-26-17,20(23,24)25)13-7-14(21)9-15(22)8-13/h4-9H,3,10H2,1-2H3. The first-order chi connectivity index (χ1) is 13.6. The Morgan fingerprint density at radius 2 is 1.86 bits per heavy atom. The predicted molar refractivity (Wildman–Crippen MR) is 104 cm³/mol. The Bertz CT molecular complexity index is 971. The zero-order chi connectivity index (χ0) is 21.4. The number of benzene rings is 2. The molecule has 1 aliphatic rings. The molecule has 154 valence electrons. The molecule has 1 aliphatic heterocycles. The molecule has 0 amide bonds. The lowest BCUT2D eigenvalue weighted by Crippen LogP contribution is -2.42. The summed E-state index contributed by atoms with van der Waals surface area (Å²) in [6.07, 6.45) is -5.34. The third-order valence-corrected chi connectivity index (χ3v) is 5.01. The largest absolute Gasteiger partial charge is 0.462 e. The van der Waals surface area contributed by atoms with Gasteiger partial charge < -0.3 is 9.57 Å². The van der Waals surface area contributed by atoms with Crippen LogP contribution in [0.2, 0.25) is 10.0 Å². The molecule has 3 rings (SSSR count). The molecule has 0 radical (unpaired) electrons. The molecule has 4 nitrogen and oxygen atoms in total. The van der Waals surface area contributed by atoms with Crippen LogP contribution in [-0.2, 0) is 15.2 Å². The second-order valence-electron chi connectivity index (χ2n) is 6.54. The Hall–Kier alpha value is -2.25. The van der Waals surface area contributed by atoms with Gasteiger partial charge in [0.05, 0.1) is 17.9 Å². The number of carbonyl (C=O) groups excluding carboxylic acids is 1. The van der Waals surface area contributed by atoms with Gasteiger partial charge >= 0.3 is 12.1 Å². The smallest absolute Gasteiger partial charge is 0.435 e. The minimum absolute atomic E-state index is 0.0582. The van der Waals surface area contributed by atoms with E-state index < -0.39 is 24.2 Å². The molecule has 0 aromatic heterocycles. The molecular formula is C20H16Cl2F3NO3. The molecular weight excluding hydrogens is 430 g/mol. The number of oxime groups is 1. The summed E-state index contributed by atoms with van der Waals surface area (Å²) in [5.41, 5.74) is -1.55. The van der Waals surface area contributed by atoms with Gasteiger partial charge in [-0.2, -0.15) is 13.2 Å². The number of ether oxygens (including phenoxy) is 1. The maximum Gasteiger partial charge on any atom is 0.435 e. The number of aryl methyl sites for hydroxylation is 1. The highest BCUT2D eigenvalue weighted by Crippen LogP contribution is 2.49. The van der Waals surface area contributed by atoms with Gasteiger partial charge in [-0.25, -0.2) is 4.79 Å². The van der Waals surface area contributed by atoms with Crippen molar-refractivity contribution in [3.8, 4) is 0 Å². The average molecular weight is 446 g/mol. The van der Waals surface area contributed by atoms with Crippen molar-refractivity contribution in [2.45, 2.75) is 32.0 Å². The number of nitrogens with zero attached hydrogens (tertiary/aromatic N) is 1. The summed E-state index contributed by atoms with van der Waals surface area (Å²) in [6, 6.07) is 8.24. The number of hydrogen-bond donors (Lipinski definition) is 0. The van der Waals surface area contributed by atoms with Crippen LogP contribution in [0.1, 0.15) is 40.4 Å². The lowest BCUT2D eigenvalue weighted by Gasteiger charge is -2.29. The van der Waals surface area contributed by atoms with Crippen molar-refractivity contribution < 1.29 is 27.5 Å². The number of rotatable bonds is 4. The maximum atomic E-state index is 14.0. The Morgan fingerprint density at radius 3 is 2.41 bits per heavy atom. The summed E-state index contributed by atoms with van der Waals surface area (Å²) >= 11 is 11.8. The first kappa shape index (κ1) is 21.5. The van der Waals surface area contributed by atoms with E-state index in [-0.39, 0.29) is 27.9 Å². The number of hydrogen-bond acceptors (Lipinski definition) is 4. The summed E-state index contributed by atoms with van der Waals surface area (Å²) in [5, 5.41) is 3.82. The number of halogens is 5. The van der Waals surface area contributed by atoms with Crippen molar-refractivity contribution in [3.63, 3.8) is 0 Å². The molecule has 0 aliphatic carbocycles. The fourth-order valence-electron chi connectivity index (χ4n) is 3.13. The summed E-state index contributed by atoms with van der Waals surface area (Å²) in [5.74, 6) is -0.501. The quantitative estimate of drug-likeness (QED) is 0.537. The zero-order valence-corrected chi connectivity index (χ0v) is 17.0. The average Bonchev–Trinajstić information content (AvgIpc) is 3.07. The van der Waals surface area contributed by atoms with Gasteiger partial charge in [-0.05, 0) is 55.3 Å². The molecule has 0 N–H and O–H groups in total. The fraction of sp³-hybridized carbons (Fsp3) is 0.300. The van der Waals surface area contributed by atoms with E-state index in [1.807, 2.05) is 0 Å². The van der Waals surface area contributed by atoms with Gasteiger partial charge in [0.15, 0.2) is 0 Å². The highest BCUT2D eigenvalue weighted by Gasteiger charge is 2.62. The van der Waals surface area contributed by atoms with Gasteiger partial charge in [-0.15, -0.1) is 0 Å². The predicted octanol–water partition coefficient (Wildman–Crippen LogP) is 6.06. The zero-order valence-electron chi connectivity index (χ0n) is 15.4. The first-order valence-electron chi connectivity index (χ1n) is 8.64. The molecule has 0 spiro atoms. The van der Waals surface area contributed by atoms with Crippen LogP contribution in [0.3, 0.4) is 0 Å². The second-order valence-corrected chi connectivity index (χ2v) is 7.41. The van der Waals surface area contributed by atoms with Crippen LogP contribution in [0, 0.1) is 6.92 Å². The van der Waals surface area contributed by atoms with Crippen molar-refractivity contribution in [2.75, 3.05) is 6.61 Å². The summed E-state index contributed by atoms with van der Waals surface area (Å²) in [7, 11) is 0.